The number of rotatable bonds is 2. The van der Waals surface area contributed by atoms with Crippen molar-refractivity contribution < 1.29 is 10.0 Å². The summed E-state index contributed by atoms with van der Waals surface area (Å²) in [4.78, 5) is 9.76. The van der Waals surface area contributed by atoms with Crippen molar-refractivity contribution in [3.05, 3.63) is 0 Å². The van der Waals surface area contributed by atoms with Gasteiger partial charge in [0.1, 0.15) is 6.34 Å². The fourth-order valence-corrected chi connectivity index (χ4v) is 0.125. The van der Waals surface area contributed by atoms with Gasteiger partial charge in [-0.2, -0.15) is 5.10 Å². The van der Waals surface area contributed by atoms with E-state index in [1.54, 1.807) is 5.48 Å². The molecule has 0 saturated carbocycles. The van der Waals surface area contributed by atoms with Gasteiger partial charge in [-0.3, -0.25) is 10.7 Å². The lowest BCUT2D eigenvalue weighted by molar-refractivity contribution is 0.238. The van der Waals surface area contributed by atoms with Crippen LogP contribution in [0, 0.1) is 0 Å². The van der Waals surface area contributed by atoms with E-state index in [2.05, 4.69) is 10.8 Å². The Labute approximate surface area is 45.3 Å². The molecule has 0 heterocycles. The predicted molar refractivity (Wildman–Crippen MR) is 26.1 cm³/mol. The Bertz CT molecular complexity index is 100. The van der Waals surface area contributed by atoms with Crippen LogP contribution in [0.1, 0.15) is 0 Å². The van der Waals surface area contributed by atoms with Gasteiger partial charge in [-0.15, -0.1) is 0 Å². The summed E-state index contributed by atoms with van der Waals surface area (Å²) in [7, 11) is 0. The summed E-state index contributed by atoms with van der Waals surface area (Å²) in [6.07, 6.45) is 0.866. The molecule has 0 aliphatic rings. The van der Waals surface area contributed by atoms with Crippen molar-refractivity contribution in [1.29, 1.82) is 0 Å². The maximum Gasteiger partial charge on any atom is 0.332 e. The molecule has 0 aromatic heterocycles. The van der Waals surface area contributed by atoms with E-state index >= 15 is 0 Å². The SMILES string of the molecule is NC(=O)N/N=C/NO. The van der Waals surface area contributed by atoms with Gasteiger partial charge in [0.15, 0.2) is 0 Å². The highest BCUT2D eigenvalue weighted by Gasteiger charge is 1.80. The van der Waals surface area contributed by atoms with Gasteiger partial charge in [0.25, 0.3) is 0 Å². The molecule has 0 aromatic carbocycles. The topological polar surface area (TPSA) is 99.7 Å². The van der Waals surface area contributed by atoms with Crippen LogP contribution in [-0.2, 0) is 0 Å². The molecule has 0 unspecified atom stereocenters. The first-order chi connectivity index (χ1) is 3.77. The minimum absolute atomic E-state index is 0.781. The Hall–Kier alpha value is -1.30. The number of hydrogen-bond acceptors (Lipinski definition) is 3. The average Bonchev–Trinajstić information content (AvgIpc) is 1.66. The van der Waals surface area contributed by atoms with Crippen LogP contribution >= 0.6 is 0 Å². The predicted octanol–water partition coefficient (Wildman–Crippen LogP) is -1.42. The molecule has 46 valence electrons. The highest BCUT2D eigenvalue weighted by Crippen LogP contribution is 1.51. The zero-order valence-electron chi connectivity index (χ0n) is 3.96. The number of carbonyl (C=O) groups is 1. The summed E-state index contributed by atoms with van der Waals surface area (Å²) in [5, 5.41) is 10.9. The minimum atomic E-state index is -0.781. The van der Waals surface area contributed by atoms with Crippen LogP contribution in [-0.4, -0.2) is 17.6 Å². The Morgan fingerprint density at radius 1 is 1.88 bits per heavy atom. The third-order valence-electron chi connectivity index (χ3n) is 0.297. The number of nitrogens with one attached hydrogen (secondary N) is 2. The van der Waals surface area contributed by atoms with E-state index in [0.29, 0.717) is 0 Å². The number of nitrogens with two attached hydrogens (primary N) is 1. The fourth-order valence-electron chi connectivity index (χ4n) is 0.125. The molecule has 0 aliphatic carbocycles. The molecule has 0 bridgehead atoms. The van der Waals surface area contributed by atoms with Gasteiger partial charge < -0.3 is 5.73 Å². The zero-order valence-corrected chi connectivity index (χ0v) is 3.96. The van der Waals surface area contributed by atoms with Crippen LogP contribution in [0.25, 0.3) is 0 Å². The van der Waals surface area contributed by atoms with E-state index in [1.165, 1.54) is 0 Å². The van der Waals surface area contributed by atoms with E-state index in [0.717, 1.165) is 6.34 Å². The maximum atomic E-state index is 9.76. The molecule has 0 aromatic rings. The smallest absolute Gasteiger partial charge is 0.332 e. The van der Waals surface area contributed by atoms with Crippen LogP contribution in [0.5, 0.6) is 0 Å². The van der Waals surface area contributed by atoms with E-state index in [4.69, 9.17) is 5.21 Å². The van der Waals surface area contributed by atoms with Crippen molar-refractivity contribution in [1.82, 2.24) is 10.9 Å². The minimum Gasteiger partial charge on any atom is -0.350 e. The molecule has 0 rings (SSSR count). The molecule has 0 atom stereocenters. The zero-order chi connectivity index (χ0) is 6.41. The molecule has 0 fully saturated rings. The number of carbonyl (C=O) groups excluding carboxylic acids is 1. The molecule has 8 heavy (non-hydrogen) atoms. The lowest BCUT2D eigenvalue weighted by Gasteiger charge is -1.87. The number of hydrazone groups is 1. The Balaban J connectivity index is 3.16. The number of hydroxylamine groups is 1. The molecule has 2 amide bonds. The van der Waals surface area contributed by atoms with Crippen molar-refractivity contribution in [2.75, 3.05) is 0 Å². The van der Waals surface area contributed by atoms with Crippen LogP contribution in [0.4, 0.5) is 4.79 Å². The molecule has 6 nitrogen and oxygen atoms in total. The van der Waals surface area contributed by atoms with Gasteiger partial charge in [0, 0.05) is 0 Å². The molecule has 0 radical (unpaired) electrons. The number of primary amides is 1. The van der Waals surface area contributed by atoms with Gasteiger partial charge >= 0.3 is 6.03 Å². The molecule has 0 saturated heterocycles. The number of hydrogen-bond donors (Lipinski definition) is 4. The first kappa shape index (κ1) is 6.70. The monoisotopic (exact) mass is 118 g/mol. The lowest BCUT2D eigenvalue weighted by atomic mass is 11.1. The average molecular weight is 118 g/mol. The van der Waals surface area contributed by atoms with Crippen molar-refractivity contribution in [3.63, 3.8) is 0 Å². The second-order valence-corrected chi connectivity index (χ2v) is 0.863. The van der Waals surface area contributed by atoms with Gasteiger partial charge in [-0.05, 0) is 0 Å². The van der Waals surface area contributed by atoms with Crippen LogP contribution < -0.4 is 16.6 Å². The van der Waals surface area contributed by atoms with Crippen molar-refractivity contribution in [3.8, 4) is 0 Å². The third kappa shape index (κ3) is 4.70. The first-order valence-corrected chi connectivity index (χ1v) is 1.74. The Morgan fingerprint density at radius 3 is 2.88 bits per heavy atom. The first-order valence-electron chi connectivity index (χ1n) is 1.74. The number of urea groups is 1. The molecular weight excluding hydrogens is 112 g/mol. The normalized spacial score (nSPS) is 9.12. The summed E-state index contributed by atoms with van der Waals surface area (Å²) < 4.78 is 0. The highest BCUT2D eigenvalue weighted by molar-refractivity contribution is 5.72. The standard InChI is InChI=1S/C2H6N4O2/c3-2(7)6-4-1-5-8/h1,8H,(H,4,5)(H3,3,6,7). The van der Waals surface area contributed by atoms with Gasteiger partial charge in [-0.25, -0.2) is 10.2 Å². The number of nitrogens with zero attached hydrogens (tertiary/aromatic N) is 1. The molecule has 5 N–H and O–H groups in total. The van der Waals surface area contributed by atoms with Crippen molar-refractivity contribution in [2.45, 2.75) is 0 Å². The summed E-state index contributed by atoms with van der Waals surface area (Å²) in [6.45, 7) is 0. The largest absolute Gasteiger partial charge is 0.350 e. The van der Waals surface area contributed by atoms with E-state index in [9.17, 15) is 4.79 Å². The van der Waals surface area contributed by atoms with Crippen molar-refractivity contribution in [2.24, 2.45) is 10.8 Å². The molecule has 6 heteroatoms. The molecular formula is C2H6N4O2. The van der Waals surface area contributed by atoms with Crippen LogP contribution in [0.3, 0.4) is 0 Å². The lowest BCUT2D eigenvalue weighted by Crippen LogP contribution is -2.25. The summed E-state index contributed by atoms with van der Waals surface area (Å²) in [5.41, 5.74) is 7.95. The third-order valence-corrected chi connectivity index (χ3v) is 0.297. The number of amides is 2. The summed E-state index contributed by atoms with van der Waals surface area (Å²) >= 11 is 0. The second kappa shape index (κ2) is 3.88. The van der Waals surface area contributed by atoms with Crippen molar-refractivity contribution >= 4 is 12.4 Å². The van der Waals surface area contributed by atoms with Gasteiger partial charge in [0.2, 0.25) is 0 Å². The van der Waals surface area contributed by atoms with E-state index < -0.39 is 6.03 Å². The van der Waals surface area contributed by atoms with Crippen LogP contribution in [0.2, 0.25) is 0 Å². The maximum absolute atomic E-state index is 9.76. The van der Waals surface area contributed by atoms with E-state index in [1.807, 2.05) is 5.43 Å². The molecule has 0 spiro atoms. The fraction of sp³-hybridized carbons (Fsp3) is 0. The Morgan fingerprint density at radius 2 is 2.50 bits per heavy atom. The quantitative estimate of drug-likeness (QED) is 0.203. The Kier molecular flexibility index (Phi) is 3.25. The summed E-state index contributed by atoms with van der Waals surface area (Å²) in [5.74, 6) is 0. The van der Waals surface area contributed by atoms with Gasteiger partial charge in [-0.1, -0.05) is 0 Å². The molecule has 0 aliphatic heterocycles. The highest BCUT2D eigenvalue weighted by atomic mass is 16.5. The summed E-state index contributed by atoms with van der Waals surface area (Å²) in [6, 6.07) is -0.781. The van der Waals surface area contributed by atoms with Crippen LogP contribution in [0.15, 0.2) is 5.10 Å². The van der Waals surface area contributed by atoms with E-state index in [-0.39, 0.29) is 0 Å². The second-order valence-electron chi connectivity index (χ2n) is 0.863. The van der Waals surface area contributed by atoms with Gasteiger partial charge in [0.05, 0.1) is 0 Å².